The second-order valence-corrected chi connectivity index (χ2v) is 5.57. The maximum atomic E-state index is 12.1. The number of nitrogens with one attached hydrogen (secondary N) is 2. The van der Waals surface area contributed by atoms with Crippen LogP contribution < -0.4 is 10.6 Å². The molecule has 0 bridgehead atoms. The van der Waals surface area contributed by atoms with Gasteiger partial charge in [-0.3, -0.25) is 9.59 Å². The van der Waals surface area contributed by atoms with E-state index in [0.717, 1.165) is 19.4 Å². The number of hydrogen-bond acceptors (Lipinski definition) is 5. The second-order valence-electron chi connectivity index (χ2n) is 5.57. The average molecular weight is 337 g/mol. The summed E-state index contributed by atoms with van der Waals surface area (Å²) < 4.78 is 0. The largest absolute Gasteiger partial charge is 0.390 e. The molecule has 1 saturated heterocycles. The molecule has 2 amide bonds. The van der Waals surface area contributed by atoms with Gasteiger partial charge in [0.1, 0.15) is 17.7 Å². The molecule has 1 fully saturated rings. The van der Waals surface area contributed by atoms with Crippen LogP contribution in [0.4, 0.5) is 5.69 Å². The second kappa shape index (κ2) is 9.09. The summed E-state index contributed by atoms with van der Waals surface area (Å²) in [4.78, 5) is 25.4. The molecule has 1 aliphatic heterocycles. The molecule has 0 radical (unpaired) electrons. The molecule has 1 heterocycles. The third-order valence-electron chi connectivity index (χ3n) is 3.83. The van der Waals surface area contributed by atoms with Crippen molar-refractivity contribution >= 4 is 17.5 Å². The van der Waals surface area contributed by atoms with Crippen molar-refractivity contribution in [2.45, 2.75) is 19.3 Å². The number of para-hydroxylation sites is 1. The van der Waals surface area contributed by atoms with E-state index in [0.29, 0.717) is 30.8 Å². The van der Waals surface area contributed by atoms with E-state index in [1.165, 1.54) is 6.20 Å². The highest BCUT2D eigenvalue weighted by Gasteiger charge is 2.18. The zero-order chi connectivity index (χ0) is 18.1. The van der Waals surface area contributed by atoms with Crippen LogP contribution in [0.1, 0.15) is 24.8 Å². The van der Waals surface area contributed by atoms with Crippen LogP contribution in [-0.4, -0.2) is 36.3 Å². The molecule has 2 rings (SSSR count). The molecule has 0 aromatic heterocycles. The van der Waals surface area contributed by atoms with Gasteiger partial charge in [-0.2, -0.15) is 10.5 Å². The van der Waals surface area contributed by atoms with Gasteiger partial charge in [0.2, 0.25) is 5.91 Å². The van der Waals surface area contributed by atoms with Gasteiger partial charge in [0.15, 0.2) is 0 Å². The SMILES string of the molecule is N#C/C(=C/NCCCN1CCCC1=O)C(=O)Nc1ccccc1C#N. The van der Waals surface area contributed by atoms with Crippen molar-refractivity contribution in [3.8, 4) is 12.1 Å². The Morgan fingerprint density at radius 2 is 2.12 bits per heavy atom. The van der Waals surface area contributed by atoms with Crippen LogP contribution in [0.25, 0.3) is 0 Å². The summed E-state index contributed by atoms with van der Waals surface area (Å²) in [5, 5.41) is 23.6. The Hall–Kier alpha value is -3.32. The van der Waals surface area contributed by atoms with Crippen molar-refractivity contribution in [1.82, 2.24) is 10.2 Å². The minimum atomic E-state index is -0.576. The van der Waals surface area contributed by atoms with Gasteiger partial charge in [-0.1, -0.05) is 12.1 Å². The van der Waals surface area contributed by atoms with Crippen LogP contribution in [0.15, 0.2) is 36.0 Å². The monoisotopic (exact) mass is 337 g/mol. The molecule has 1 aromatic carbocycles. The van der Waals surface area contributed by atoms with E-state index in [9.17, 15) is 9.59 Å². The lowest BCUT2D eigenvalue weighted by molar-refractivity contribution is -0.127. The number of rotatable bonds is 7. The number of carbonyl (C=O) groups is 2. The number of likely N-dealkylation sites (tertiary alicyclic amines) is 1. The standard InChI is InChI=1S/C18H19N5O2/c19-11-14-5-1-2-6-16(14)22-18(25)15(12-20)13-21-8-4-10-23-9-3-7-17(23)24/h1-2,5-6,13,21H,3-4,7-10H2,(H,22,25)/b15-13-. The molecule has 7 heteroatoms. The van der Waals surface area contributed by atoms with E-state index in [2.05, 4.69) is 10.6 Å². The zero-order valence-electron chi connectivity index (χ0n) is 13.8. The van der Waals surface area contributed by atoms with Crippen LogP contribution in [0, 0.1) is 22.7 Å². The minimum absolute atomic E-state index is 0.0787. The molecule has 25 heavy (non-hydrogen) atoms. The Morgan fingerprint density at radius 1 is 1.32 bits per heavy atom. The van der Waals surface area contributed by atoms with E-state index >= 15 is 0 Å². The van der Waals surface area contributed by atoms with Crippen molar-refractivity contribution in [3.05, 3.63) is 41.6 Å². The van der Waals surface area contributed by atoms with Gasteiger partial charge in [0.25, 0.3) is 5.91 Å². The van der Waals surface area contributed by atoms with E-state index in [4.69, 9.17) is 10.5 Å². The summed E-state index contributed by atoms with van der Waals surface area (Å²) in [7, 11) is 0. The molecule has 0 aliphatic carbocycles. The van der Waals surface area contributed by atoms with Crippen molar-refractivity contribution in [2.24, 2.45) is 0 Å². The molecule has 0 spiro atoms. The topological polar surface area (TPSA) is 109 Å². The number of hydrogen-bond donors (Lipinski definition) is 2. The Kier molecular flexibility index (Phi) is 6.56. The smallest absolute Gasteiger partial charge is 0.267 e. The molecule has 1 aliphatic rings. The first-order chi connectivity index (χ1) is 12.2. The summed E-state index contributed by atoms with van der Waals surface area (Å²) in [5.74, 6) is -0.392. The van der Waals surface area contributed by atoms with Gasteiger partial charge in [-0.15, -0.1) is 0 Å². The van der Waals surface area contributed by atoms with Crippen LogP contribution in [0.2, 0.25) is 0 Å². The Labute approximate surface area is 146 Å². The first-order valence-corrected chi connectivity index (χ1v) is 8.07. The molecular formula is C18H19N5O2. The Morgan fingerprint density at radius 3 is 2.80 bits per heavy atom. The van der Waals surface area contributed by atoms with Crippen molar-refractivity contribution < 1.29 is 9.59 Å². The molecule has 2 N–H and O–H groups in total. The lowest BCUT2D eigenvalue weighted by Gasteiger charge is -2.14. The molecule has 0 atom stereocenters. The molecular weight excluding hydrogens is 318 g/mol. The predicted octanol–water partition coefficient (Wildman–Crippen LogP) is 1.51. The Balaban J connectivity index is 1.83. The van der Waals surface area contributed by atoms with E-state index < -0.39 is 5.91 Å². The van der Waals surface area contributed by atoms with Crippen molar-refractivity contribution in [1.29, 1.82) is 10.5 Å². The highest BCUT2D eigenvalue weighted by atomic mass is 16.2. The lowest BCUT2D eigenvalue weighted by Crippen LogP contribution is -2.27. The van der Waals surface area contributed by atoms with Gasteiger partial charge in [-0.25, -0.2) is 0 Å². The number of nitrogens with zero attached hydrogens (tertiary/aromatic N) is 3. The van der Waals surface area contributed by atoms with Crippen molar-refractivity contribution in [2.75, 3.05) is 25.0 Å². The van der Waals surface area contributed by atoms with E-state index in [-0.39, 0.29) is 11.5 Å². The van der Waals surface area contributed by atoms with Gasteiger partial charge in [0.05, 0.1) is 11.3 Å². The maximum Gasteiger partial charge on any atom is 0.267 e. The predicted molar refractivity (Wildman–Crippen MR) is 91.9 cm³/mol. The van der Waals surface area contributed by atoms with Gasteiger partial charge in [-0.05, 0) is 25.0 Å². The fourth-order valence-corrected chi connectivity index (χ4v) is 2.51. The third kappa shape index (κ3) is 5.08. The van der Waals surface area contributed by atoms with Crippen LogP contribution >= 0.6 is 0 Å². The van der Waals surface area contributed by atoms with Crippen LogP contribution in [0.5, 0.6) is 0 Å². The lowest BCUT2D eigenvalue weighted by atomic mass is 10.2. The summed E-state index contributed by atoms with van der Waals surface area (Å²) in [6.45, 7) is 2.03. The summed E-state index contributed by atoms with van der Waals surface area (Å²) >= 11 is 0. The number of carbonyl (C=O) groups excluding carboxylic acids is 2. The van der Waals surface area contributed by atoms with Crippen molar-refractivity contribution in [3.63, 3.8) is 0 Å². The molecule has 0 unspecified atom stereocenters. The minimum Gasteiger partial charge on any atom is -0.390 e. The summed E-state index contributed by atoms with van der Waals surface area (Å²) in [5.41, 5.74) is 0.616. The first kappa shape index (κ1) is 18.0. The zero-order valence-corrected chi connectivity index (χ0v) is 13.8. The summed E-state index contributed by atoms with van der Waals surface area (Å²) in [6.07, 6.45) is 3.63. The molecule has 128 valence electrons. The number of amides is 2. The van der Waals surface area contributed by atoms with Gasteiger partial charge in [0, 0.05) is 32.3 Å². The number of nitriles is 2. The summed E-state index contributed by atoms with van der Waals surface area (Å²) in [6, 6.07) is 10.4. The normalized spacial score (nSPS) is 13.9. The highest BCUT2D eigenvalue weighted by Crippen LogP contribution is 2.14. The van der Waals surface area contributed by atoms with Crippen LogP contribution in [-0.2, 0) is 9.59 Å². The Bertz CT molecular complexity index is 757. The number of anilines is 1. The van der Waals surface area contributed by atoms with Crippen LogP contribution in [0.3, 0.4) is 0 Å². The maximum absolute atomic E-state index is 12.1. The fourth-order valence-electron chi connectivity index (χ4n) is 2.51. The van der Waals surface area contributed by atoms with Gasteiger partial charge < -0.3 is 15.5 Å². The van der Waals surface area contributed by atoms with Gasteiger partial charge >= 0.3 is 0 Å². The van der Waals surface area contributed by atoms with E-state index in [1.807, 2.05) is 17.0 Å². The number of benzene rings is 1. The third-order valence-corrected chi connectivity index (χ3v) is 3.83. The molecule has 7 nitrogen and oxygen atoms in total. The fraction of sp³-hybridized carbons (Fsp3) is 0.333. The highest BCUT2D eigenvalue weighted by molar-refractivity contribution is 6.07. The molecule has 1 aromatic rings. The van der Waals surface area contributed by atoms with E-state index in [1.54, 1.807) is 24.3 Å². The quantitative estimate of drug-likeness (QED) is 0.445. The molecule has 0 saturated carbocycles. The average Bonchev–Trinajstić information content (AvgIpc) is 3.03. The first-order valence-electron chi connectivity index (χ1n) is 8.07.